The van der Waals surface area contributed by atoms with Gasteiger partial charge in [0, 0.05) is 6.07 Å². The van der Waals surface area contributed by atoms with E-state index in [-0.39, 0.29) is 28.0 Å². The monoisotopic (exact) mass is 417 g/mol. The van der Waals surface area contributed by atoms with Crippen molar-refractivity contribution < 1.29 is 14.5 Å². The molecule has 2 aromatic rings. The normalized spacial score (nSPS) is 16.2. The van der Waals surface area contributed by atoms with Crippen LogP contribution in [0.2, 0.25) is 5.02 Å². The SMILES string of the molecule is CCOC(=O)C1=C(c2ccccc2)NC(=S)N[C@H]1c1ccc(Cl)c([N+](=O)[O-])c1. The van der Waals surface area contributed by atoms with Crippen molar-refractivity contribution in [1.29, 1.82) is 0 Å². The fourth-order valence-corrected chi connectivity index (χ4v) is 3.33. The molecule has 0 aliphatic carbocycles. The van der Waals surface area contributed by atoms with E-state index in [0.29, 0.717) is 11.3 Å². The number of nitro groups is 1. The van der Waals surface area contributed by atoms with Crippen LogP contribution in [0.25, 0.3) is 5.70 Å². The topological polar surface area (TPSA) is 93.5 Å². The van der Waals surface area contributed by atoms with Gasteiger partial charge < -0.3 is 15.4 Å². The van der Waals surface area contributed by atoms with E-state index >= 15 is 0 Å². The molecular formula is C19H16ClN3O4S. The van der Waals surface area contributed by atoms with Crippen LogP contribution in [-0.4, -0.2) is 22.6 Å². The zero-order valence-corrected chi connectivity index (χ0v) is 16.3. The van der Waals surface area contributed by atoms with Crippen molar-refractivity contribution in [2.75, 3.05) is 6.61 Å². The van der Waals surface area contributed by atoms with E-state index < -0.39 is 16.9 Å². The van der Waals surface area contributed by atoms with Gasteiger partial charge in [-0.15, -0.1) is 0 Å². The highest BCUT2D eigenvalue weighted by atomic mass is 35.5. The van der Waals surface area contributed by atoms with Gasteiger partial charge in [0.15, 0.2) is 5.11 Å². The number of carbonyl (C=O) groups excluding carboxylic acids is 1. The Hall–Kier alpha value is -2.97. The van der Waals surface area contributed by atoms with Gasteiger partial charge in [-0.1, -0.05) is 48.0 Å². The van der Waals surface area contributed by atoms with Crippen LogP contribution in [0.3, 0.4) is 0 Å². The molecule has 0 saturated heterocycles. The van der Waals surface area contributed by atoms with E-state index in [9.17, 15) is 14.9 Å². The van der Waals surface area contributed by atoms with Gasteiger partial charge >= 0.3 is 5.97 Å². The molecule has 1 aliphatic rings. The van der Waals surface area contributed by atoms with Gasteiger partial charge in [0.1, 0.15) is 5.02 Å². The first-order valence-corrected chi connectivity index (χ1v) is 9.19. The number of nitro benzene ring substituents is 1. The minimum atomic E-state index is -0.737. The number of thiocarbonyl (C=S) groups is 1. The molecule has 0 fully saturated rings. The fraction of sp³-hybridized carbons (Fsp3) is 0.158. The summed E-state index contributed by atoms with van der Waals surface area (Å²) in [6.45, 7) is 1.89. The lowest BCUT2D eigenvalue weighted by Gasteiger charge is -2.31. The quantitative estimate of drug-likeness (QED) is 0.331. The number of ether oxygens (including phenoxy) is 1. The largest absolute Gasteiger partial charge is 0.463 e. The van der Waals surface area contributed by atoms with Crippen molar-refractivity contribution >= 4 is 46.3 Å². The summed E-state index contributed by atoms with van der Waals surface area (Å²) in [7, 11) is 0. The molecule has 144 valence electrons. The van der Waals surface area contributed by atoms with E-state index in [1.807, 2.05) is 30.3 Å². The molecule has 0 saturated carbocycles. The molecule has 0 bridgehead atoms. The molecule has 1 heterocycles. The third kappa shape index (κ3) is 3.97. The zero-order chi connectivity index (χ0) is 20.3. The van der Waals surface area contributed by atoms with Gasteiger partial charge in [0.25, 0.3) is 5.69 Å². The lowest BCUT2D eigenvalue weighted by molar-refractivity contribution is -0.384. The van der Waals surface area contributed by atoms with Crippen LogP contribution in [0, 0.1) is 10.1 Å². The molecule has 9 heteroatoms. The summed E-state index contributed by atoms with van der Waals surface area (Å²) in [6, 6.07) is 12.8. The molecule has 0 radical (unpaired) electrons. The number of nitrogens with one attached hydrogen (secondary N) is 2. The standard InChI is InChI=1S/C19H16ClN3O4S/c1-2-27-18(24)15-16(11-6-4-3-5-7-11)21-19(28)22-17(15)12-8-9-13(20)14(10-12)23(25)26/h3-10,17H,2H2,1H3,(H2,21,22,28)/t17-/m0/s1. The third-order valence-corrected chi connectivity index (χ3v) is 4.67. The number of halogens is 1. The summed E-state index contributed by atoms with van der Waals surface area (Å²) >= 11 is 11.2. The Bertz CT molecular complexity index is 978. The zero-order valence-electron chi connectivity index (χ0n) is 14.8. The van der Waals surface area contributed by atoms with E-state index in [2.05, 4.69) is 10.6 Å². The average molecular weight is 418 g/mol. The number of esters is 1. The highest BCUT2D eigenvalue weighted by Crippen LogP contribution is 2.35. The lowest BCUT2D eigenvalue weighted by atomic mass is 9.92. The molecule has 1 atom stereocenters. The predicted molar refractivity (Wildman–Crippen MR) is 110 cm³/mol. The van der Waals surface area contributed by atoms with Crippen LogP contribution in [0.5, 0.6) is 0 Å². The minimum Gasteiger partial charge on any atom is -0.463 e. The Morgan fingerprint density at radius 1 is 1.29 bits per heavy atom. The van der Waals surface area contributed by atoms with E-state index in [1.165, 1.54) is 12.1 Å². The summed E-state index contributed by atoms with van der Waals surface area (Å²) in [5, 5.41) is 17.6. The first-order chi connectivity index (χ1) is 13.4. The summed E-state index contributed by atoms with van der Waals surface area (Å²) < 4.78 is 5.24. The van der Waals surface area contributed by atoms with Gasteiger partial charge in [0.05, 0.1) is 28.8 Å². The Balaban J connectivity index is 2.20. The number of rotatable bonds is 5. The Morgan fingerprint density at radius 2 is 2.00 bits per heavy atom. The van der Waals surface area contributed by atoms with Crippen LogP contribution in [0.15, 0.2) is 54.1 Å². The number of carbonyl (C=O) groups is 1. The van der Waals surface area contributed by atoms with E-state index in [1.54, 1.807) is 13.0 Å². The number of benzene rings is 2. The molecule has 7 nitrogen and oxygen atoms in total. The second kappa shape index (κ2) is 8.37. The third-order valence-electron chi connectivity index (χ3n) is 4.13. The van der Waals surface area contributed by atoms with E-state index in [0.717, 1.165) is 5.56 Å². The number of nitrogens with zero attached hydrogens (tertiary/aromatic N) is 1. The van der Waals surface area contributed by atoms with E-state index in [4.69, 9.17) is 28.6 Å². The summed E-state index contributed by atoms with van der Waals surface area (Å²) in [4.78, 5) is 23.5. The van der Waals surface area contributed by atoms with Crippen molar-refractivity contribution in [3.8, 4) is 0 Å². The minimum absolute atomic E-state index is 0.00945. The molecule has 2 N–H and O–H groups in total. The van der Waals surface area contributed by atoms with Crippen LogP contribution >= 0.6 is 23.8 Å². The van der Waals surface area contributed by atoms with Crippen molar-refractivity contribution in [3.05, 3.63) is 80.4 Å². The van der Waals surface area contributed by atoms with Crippen molar-refractivity contribution in [2.24, 2.45) is 0 Å². The highest BCUT2D eigenvalue weighted by Gasteiger charge is 2.34. The molecule has 0 spiro atoms. The summed E-state index contributed by atoms with van der Waals surface area (Å²) in [5.41, 5.74) is 1.72. The van der Waals surface area contributed by atoms with Crippen LogP contribution < -0.4 is 10.6 Å². The van der Waals surface area contributed by atoms with Gasteiger partial charge in [0.2, 0.25) is 0 Å². The highest BCUT2D eigenvalue weighted by molar-refractivity contribution is 7.80. The molecule has 2 aromatic carbocycles. The van der Waals surface area contributed by atoms with Gasteiger partial charge in [-0.05, 0) is 36.3 Å². The molecule has 0 aromatic heterocycles. The first-order valence-electron chi connectivity index (χ1n) is 8.40. The van der Waals surface area contributed by atoms with Crippen molar-refractivity contribution in [2.45, 2.75) is 13.0 Å². The fourth-order valence-electron chi connectivity index (χ4n) is 2.92. The number of hydrogen-bond acceptors (Lipinski definition) is 5. The molecule has 3 rings (SSSR count). The predicted octanol–water partition coefficient (Wildman–Crippen LogP) is 3.74. The smallest absolute Gasteiger partial charge is 0.338 e. The summed E-state index contributed by atoms with van der Waals surface area (Å²) in [6.07, 6.45) is 0. The molecule has 1 aliphatic heterocycles. The Labute approximate surface area is 171 Å². The lowest BCUT2D eigenvalue weighted by Crippen LogP contribution is -2.45. The van der Waals surface area contributed by atoms with Gasteiger partial charge in [-0.3, -0.25) is 10.1 Å². The summed E-state index contributed by atoms with van der Waals surface area (Å²) in [5.74, 6) is -0.550. The molecule has 0 amide bonds. The Morgan fingerprint density at radius 3 is 2.64 bits per heavy atom. The van der Waals surface area contributed by atoms with Crippen molar-refractivity contribution in [1.82, 2.24) is 10.6 Å². The first kappa shape index (κ1) is 19.8. The van der Waals surface area contributed by atoms with Crippen LogP contribution in [0.4, 0.5) is 5.69 Å². The maximum absolute atomic E-state index is 12.8. The average Bonchev–Trinajstić information content (AvgIpc) is 2.68. The van der Waals surface area contributed by atoms with Crippen LogP contribution in [-0.2, 0) is 9.53 Å². The molecule has 0 unspecified atom stereocenters. The second-order valence-electron chi connectivity index (χ2n) is 5.87. The Kier molecular flexibility index (Phi) is 5.91. The van der Waals surface area contributed by atoms with Gasteiger partial charge in [-0.25, -0.2) is 4.79 Å². The molecular weight excluding hydrogens is 402 g/mol. The van der Waals surface area contributed by atoms with Gasteiger partial charge in [-0.2, -0.15) is 0 Å². The van der Waals surface area contributed by atoms with Crippen LogP contribution in [0.1, 0.15) is 24.1 Å². The van der Waals surface area contributed by atoms with Crippen molar-refractivity contribution in [3.63, 3.8) is 0 Å². The number of hydrogen-bond donors (Lipinski definition) is 2. The molecule has 28 heavy (non-hydrogen) atoms. The maximum atomic E-state index is 12.8. The maximum Gasteiger partial charge on any atom is 0.338 e. The second-order valence-corrected chi connectivity index (χ2v) is 6.69.